The molecule has 0 atom stereocenters. The van der Waals surface area contributed by atoms with Gasteiger partial charge < -0.3 is 14.6 Å². The monoisotopic (exact) mass is 353 g/mol. The van der Waals surface area contributed by atoms with Crippen molar-refractivity contribution in [1.82, 2.24) is 10.5 Å². The Labute approximate surface area is 148 Å². The van der Waals surface area contributed by atoms with E-state index in [4.69, 9.17) is 9.26 Å². The highest BCUT2D eigenvalue weighted by molar-refractivity contribution is 5.94. The molecule has 0 aliphatic carbocycles. The summed E-state index contributed by atoms with van der Waals surface area (Å²) in [7, 11) is 1.58. The van der Waals surface area contributed by atoms with Gasteiger partial charge in [0, 0.05) is 29.3 Å². The summed E-state index contributed by atoms with van der Waals surface area (Å²) in [6, 6.07) is 14.4. The number of rotatable bonds is 6. The number of aromatic nitrogens is 1. The Morgan fingerprint density at radius 1 is 1.23 bits per heavy atom. The van der Waals surface area contributed by atoms with E-state index in [9.17, 15) is 14.9 Å². The standard InChI is InChI=1S/C18H15N3O5/c1-25-16-4-2-3-13(9-16)17-10-14(20-26-17)11-19-18(22)12-5-7-15(8-6-12)21(23)24/h2-10H,11H2,1H3,(H,19,22). The van der Waals surface area contributed by atoms with E-state index in [0.29, 0.717) is 22.8 Å². The van der Waals surface area contributed by atoms with Crippen LogP contribution in [0, 0.1) is 10.1 Å². The van der Waals surface area contributed by atoms with Gasteiger partial charge in [0.25, 0.3) is 11.6 Å². The van der Waals surface area contributed by atoms with Crippen molar-refractivity contribution in [2.45, 2.75) is 6.54 Å². The van der Waals surface area contributed by atoms with E-state index < -0.39 is 4.92 Å². The first kappa shape index (κ1) is 17.2. The molecule has 0 fully saturated rings. The Morgan fingerprint density at radius 3 is 2.69 bits per heavy atom. The van der Waals surface area contributed by atoms with Gasteiger partial charge >= 0.3 is 0 Å². The van der Waals surface area contributed by atoms with Gasteiger partial charge in [-0.05, 0) is 24.3 Å². The first-order chi connectivity index (χ1) is 12.6. The van der Waals surface area contributed by atoms with Gasteiger partial charge in [-0.15, -0.1) is 0 Å². The average molecular weight is 353 g/mol. The molecule has 0 bridgehead atoms. The molecule has 0 saturated heterocycles. The molecular weight excluding hydrogens is 338 g/mol. The average Bonchev–Trinajstić information content (AvgIpc) is 3.15. The maximum Gasteiger partial charge on any atom is 0.269 e. The molecule has 3 rings (SSSR count). The number of amides is 1. The topological polar surface area (TPSA) is 108 Å². The van der Waals surface area contributed by atoms with Crippen LogP contribution in [0.1, 0.15) is 16.1 Å². The Bertz CT molecular complexity index is 934. The number of ether oxygens (including phenoxy) is 1. The smallest absolute Gasteiger partial charge is 0.269 e. The molecule has 1 aromatic heterocycles. The number of nitrogens with one attached hydrogen (secondary N) is 1. The molecule has 1 heterocycles. The second kappa shape index (κ2) is 7.47. The van der Waals surface area contributed by atoms with Crippen LogP contribution in [0.3, 0.4) is 0 Å². The third kappa shape index (κ3) is 3.86. The first-order valence-electron chi connectivity index (χ1n) is 7.69. The summed E-state index contributed by atoms with van der Waals surface area (Å²) < 4.78 is 10.5. The lowest BCUT2D eigenvalue weighted by molar-refractivity contribution is -0.384. The molecule has 1 amide bonds. The van der Waals surface area contributed by atoms with Gasteiger partial charge in [0.2, 0.25) is 0 Å². The molecule has 8 heteroatoms. The zero-order chi connectivity index (χ0) is 18.5. The maximum atomic E-state index is 12.1. The van der Waals surface area contributed by atoms with Crippen LogP contribution in [0.25, 0.3) is 11.3 Å². The molecule has 0 aliphatic rings. The number of benzene rings is 2. The first-order valence-corrected chi connectivity index (χ1v) is 7.69. The highest BCUT2D eigenvalue weighted by Gasteiger charge is 2.11. The second-order valence-electron chi connectivity index (χ2n) is 5.40. The molecule has 1 N–H and O–H groups in total. The number of hydrogen-bond donors (Lipinski definition) is 1. The second-order valence-corrected chi connectivity index (χ2v) is 5.40. The molecule has 26 heavy (non-hydrogen) atoms. The minimum Gasteiger partial charge on any atom is -0.497 e. The lowest BCUT2D eigenvalue weighted by atomic mass is 10.1. The van der Waals surface area contributed by atoms with Crippen molar-refractivity contribution in [3.05, 3.63) is 76.0 Å². The highest BCUT2D eigenvalue weighted by Crippen LogP contribution is 2.24. The van der Waals surface area contributed by atoms with Crippen molar-refractivity contribution in [3.63, 3.8) is 0 Å². The van der Waals surface area contributed by atoms with E-state index in [0.717, 1.165) is 5.56 Å². The fourth-order valence-corrected chi connectivity index (χ4v) is 2.31. The molecule has 2 aromatic carbocycles. The summed E-state index contributed by atoms with van der Waals surface area (Å²) >= 11 is 0. The Hall–Kier alpha value is -3.68. The lowest BCUT2D eigenvalue weighted by Gasteiger charge is -2.02. The number of nitrogens with zero attached hydrogens (tertiary/aromatic N) is 2. The normalized spacial score (nSPS) is 10.3. The fraction of sp³-hybridized carbons (Fsp3) is 0.111. The zero-order valence-electron chi connectivity index (χ0n) is 13.8. The number of nitro groups is 1. The zero-order valence-corrected chi connectivity index (χ0v) is 13.8. The summed E-state index contributed by atoms with van der Waals surface area (Å²) in [5.74, 6) is 0.904. The van der Waals surface area contributed by atoms with Crippen LogP contribution in [0.2, 0.25) is 0 Å². The molecule has 0 unspecified atom stereocenters. The third-order valence-corrected chi connectivity index (χ3v) is 3.68. The van der Waals surface area contributed by atoms with Gasteiger partial charge in [-0.1, -0.05) is 17.3 Å². The van der Waals surface area contributed by atoms with Crippen LogP contribution < -0.4 is 10.1 Å². The van der Waals surface area contributed by atoms with E-state index in [1.807, 2.05) is 24.3 Å². The van der Waals surface area contributed by atoms with Crippen molar-refractivity contribution in [2.75, 3.05) is 7.11 Å². The van der Waals surface area contributed by atoms with E-state index in [1.54, 1.807) is 13.2 Å². The van der Waals surface area contributed by atoms with Crippen LogP contribution in [0.5, 0.6) is 5.75 Å². The van der Waals surface area contributed by atoms with E-state index in [2.05, 4.69) is 10.5 Å². The Kier molecular flexibility index (Phi) is 4.93. The Morgan fingerprint density at radius 2 is 2.00 bits per heavy atom. The van der Waals surface area contributed by atoms with Crippen molar-refractivity contribution >= 4 is 11.6 Å². The minimum absolute atomic E-state index is 0.0685. The van der Waals surface area contributed by atoms with Gasteiger partial charge in [0.15, 0.2) is 5.76 Å². The molecule has 8 nitrogen and oxygen atoms in total. The summed E-state index contributed by atoms with van der Waals surface area (Å²) in [5, 5.41) is 17.3. The lowest BCUT2D eigenvalue weighted by Crippen LogP contribution is -2.22. The number of methoxy groups -OCH3 is 1. The van der Waals surface area contributed by atoms with Crippen LogP contribution in [0.4, 0.5) is 5.69 Å². The van der Waals surface area contributed by atoms with Crippen molar-refractivity contribution in [2.24, 2.45) is 0 Å². The van der Waals surface area contributed by atoms with E-state index in [-0.39, 0.29) is 18.1 Å². The molecule has 0 aliphatic heterocycles. The van der Waals surface area contributed by atoms with Gasteiger partial charge in [0.05, 0.1) is 18.6 Å². The maximum absolute atomic E-state index is 12.1. The summed E-state index contributed by atoms with van der Waals surface area (Å²) in [4.78, 5) is 22.2. The summed E-state index contributed by atoms with van der Waals surface area (Å²) in [5.41, 5.74) is 1.62. The number of carbonyl (C=O) groups excluding carboxylic acids is 1. The number of non-ortho nitro benzene ring substituents is 1. The predicted molar refractivity (Wildman–Crippen MR) is 92.8 cm³/mol. The van der Waals surface area contributed by atoms with Crippen LogP contribution in [-0.4, -0.2) is 23.1 Å². The van der Waals surface area contributed by atoms with Crippen molar-refractivity contribution in [3.8, 4) is 17.1 Å². The van der Waals surface area contributed by atoms with Gasteiger partial charge in [0.1, 0.15) is 11.4 Å². The molecular formula is C18H15N3O5. The quantitative estimate of drug-likeness (QED) is 0.539. The number of nitro benzene ring substituents is 1. The van der Waals surface area contributed by atoms with Gasteiger partial charge in [-0.25, -0.2) is 0 Å². The van der Waals surface area contributed by atoms with E-state index in [1.165, 1.54) is 24.3 Å². The SMILES string of the molecule is COc1cccc(-c2cc(CNC(=O)c3ccc([N+](=O)[O-])cc3)no2)c1. The number of hydrogen-bond acceptors (Lipinski definition) is 6. The molecule has 0 saturated carbocycles. The van der Waals surface area contributed by atoms with Crippen molar-refractivity contribution < 1.29 is 19.0 Å². The molecule has 132 valence electrons. The summed E-state index contributed by atoms with van der Waals surface area (Å²) in [6.07, 6.45) is 0. The van der Waals surface area contributed by atoms with Crippen LogP contribution in [-0.2, 0) is 6.54 Å². The fourth-order valence-electron chi connectivity index (χ4n) is 2.31. The van der Waals surface area contributed by atoms with Gasteiger partial charge in [-0.3, -0.25) is 14.9 Å². The molecule has 0 radical (unpaired) electrons. The molecule has 3 aromatic rings. The largest absolute Gasteiger partial charge is 0.497 e. The van der Waals surface area contributed by atoms with Crippen LogP contribution in [0.15, 0.2) is 59.1 Å². The van der Waals surface area contributed by atoms with Crippen LogP contribution >= 0.6 is 0 Å². The number of carbonyl (C=O) groups is 1. The van der Waals surface area contributed by atoms with Gasteiger partial charge in [-0.2, -0.15) is 0 Å². The van der Waals surface area contributed by atoms with Crippen molar-refractivity contribution in [1.29, 1.82) is 0 Å². The minimum atomic E-state index is -0.517. The molecule has 0 spiro atoms. The third-order valence-electron chi connectivity index (χ3n) is 3.68. The predicted octanol–water partition coefficient (Wildman–Crippen LogP) is 3.19. The summed E-state index contributed by atoms with van der Waals surface area (Å²) in [6.45, 7) is 0.170. The van der Waals surface area contributed by atoms with E-state index >= 15 is 0 Å². The Balaban J connectivity index is 1.64. The highest BCUT2D eigenvalue weighted by atomic mass is 16.6.